The Hall–Kier alpha value is -0.510. The minimum Gasteiger partial charge on any atom is -0.271 e. The highest BCUT2D eigenvalue weighted by molar-refractivity contribution is 7.99. The van der Waals surface area contributed by atoms with Crippen LogP contribution in [0.15, 0.2) is 24.3 Å². The molecule has 0 aliphatic heterocycles. The van der Waals surface area contributed by atoms with E-state index in [2.05, 4.69) is 48.4 Å². The molecule has 1 atom stereocenters. The van der Waals surface area contributed by atoms with Crippen molar-refractivity contribution in [2.24, 2.45) is 5.84 Å². The predicted octanol–water partition coefficient (Wildman–Crippen LogP) is 3.82. The van der Waals surface area contributed by atoms with E-state index >= 15 is 0 Å². The molecule has 0 saturated heterocycles. The van der Waals surface area contributed by atoms with Gasteiger partial charge in [-0.25, -0.2) is 0 Å². The van der Waals surface area contributed by atoms with E-state index in [0.717, 1.165) is 17.4 Å². The van der Waals surface area contributed by atoms with E-state index in [1.165, 1.54) is 43.2 Å². The number of rotatable bonds is 7. The van der Waals surface area contributed by atoms with Crippen LogP contribution in [0, 0.1) is 0 Å². The molecule has 0 heterocycles. The fourth-order valence-corrected chi connectivity index (χ4v) is 4.20. The van der Waals surface area contributed by atoms with Gasteiger partial charge in [-0.15, -0.1) is 0 Å². The number of hydrazine groups is 1. The third kappa shape index (κ3) is 4.51. The van der Waals surface area contributed by atoms with E-state index in [1.54, 1.807) is 0 Å². The lowest BCUT2D eigenvalue weighted by atomic mass is 10.0. The number of nitrogens with two attached hydrogens (primary N) is 1. The fraction of sp³-hybridized carbons (Fsp3) is 0.625. The third-order valence-corrected chi connectivity index (χ3v) is 5.36. The molecule has 3 N–H and O–H groups in total. The lowest BCUT2D eigenvalue weighted by molar-refractivity contribution is 0.608. The first kappa shape index (κ1) is 14.9. The summed E-state index contributed by atoms with van der Waals surface area (Å²) in [6.45, 7) is 2.22. The lowest BCUT2D eigenvalue weighted by Gasteiger charge is -2.19. The number of nitrogens with one attached hydrogen (secondary N) is 1. The van der Waals surface area contributed by atoms with Gasteiger partial charge < -0.3 is 0 Å². The average Bonchev–Trinajstić information content (AvgIpc) is 2.94. The highest BCUT2D eigenvalue weighted by Crippen LogP contribution is 2.32. The van der Waals surface area contributed by atoms with Crippen LogP contribution in [-0.4, -0.2) is 11.0 Å². The second kappa shape index (κ2) is 7.93. The first-order valence-electron chi connectivity index (χ1n) is 7.50. The van der Waals surface area contributed by atoms with Crippen molar-refractivity contribution in [2.45, 2.75) is 56.7 Å². The summed E-state index contributed by atoms with van der Waals surface area (Å²) in [4.78, 5) is 0. The van der Waals surface area contributed by atoms with Crippen LogP contribution in [0.1, 0.15) is 56.2 Å². The smallest absolute Gasteiger partial charge is 0.0550 e. The Kier molecular flexibility index (Phi) is 6.21. The second-order valence-corrected chi connectivity index (χ2v) is 6.79. The van der Waals surface area contributed by atoms with Crippen LogP contribution in [0.5, 0.6) is 0 Å². The first-order chi connectivity index (χ1) is 9.33. The summed E-state index contributed by atoms with van der Waals surface area (Å²) in [6.07, 6.45) is 7.94. The van der Waals surface area contributed by atoms with Gasteiger partial charge in [-0.1, -0.05) is 50.5 Å². The van der Waals surface area contributed by atoms with E-state index in [9.17, 15) is 0 Å². The van der Waals surface area contributed by atoms with Crippen LogP contribution in [-0.2, 0) is 6.42 Å². The Labute approximate surface area is 121 Å². The van der Waals surface area contributed by atoms with Gasteiger partial charge >= 0.3 is 0 Å². The highest BCUT2D eigenvalue weighted by atomic mass is 32.2. The third-order valence-electron chi connectivity index (χ3n) is 3.89. The molecule has 1 aromatic rings. The standard InChI is InChI=1S/C16H26N2S/c1-2-6-13-7-5-8-14(11-13)16(18-17)12-19-15-9-3-4-10-15/h5,7-8,11,15-16,18H,2-4,6,9-10,12,17H2,1H3. The molecule has 3 heteroatoms. The molecular formula is C16H26N2S. The molecule has 19 heavy (non-hydrogen) atoms. The van der Waals surface area contributed by atoms with Crippen molar-refractivity contribution in [2.75, 3.05) is 5.75 Å². The van der Waals surface area contributed by atoms with Gasteiger partial charge in [0.1, 0.15) is 0 Å². The molecule has 2 rings (SSSR count). The summed E-state index contributed by atoms with van der Waals surface area (Å²) in [5.74, 6) is 6.83. The number of thioether (sulfide) groups is 1. The van der Waals surface area contributed by atoms with Crippen molar-refractivity contribution in [3.05, 3.63) is 35.4 Å². The monoisotopic (exact) mass is 278 g/mol. The average molecular weight is 278 g/mol. The molecule has 106 valence electrons. The molecule has 1 unspecified atom stereocenters. The van der Waals surface area contributed by atoms with Gasteiger partial charge in [-0.05, 0) is 30.4 Å². The van der Waals surface area contributed by atoms with Gasteiger partial charge in [0.2, 0.25) is 0 Å². The van der Waals surface area contributed by atoms with Crippen molar-refractivity contribution in [3.63, 3.8) is 0 Å². The summed E-state index contributed by atoms with van der Waals surface area (Å²) < 4.78 is 0. The maximum atomic E-state index is 5.75. The van der Waals surface area contributed by atoms with E-state index in [0.29, 0.717) is 0 Å². The van der Waals surface area contributed by atoms with E-state index in [1.807, 2.05) is 0 Å². The van der Waals surface area contributed by atoms with Gasteiger partial charge in [0, 0.05) is 11.0 Å². The Balaban J connectivity index is 1.93. The molecule has 2 nitrogen and oxygen atoms in total. The van der Waals surface area contributed by atoms with Crippen LogP contribution in [0.4, 0.5) is 0 Å². The molecule has 0 amide bonds. The fourth-order valence-electron chi connectivity index (χ4n) is 2.78. The van der Waals surface area contributed by atoms with Crippen molar-refractivity contribution in [1.29, 1.82) is 0 Å². The number of aryl methyl sites for hydroxylation is 1. The van der Waals surface area contributed by atoms with E-state index in [-0.39, 0.29) is 6.04 Å². The van der Waals surface area contributed by atoms with Crippen LogP contribution in [0.2, 0.25) is 0 Å². The topological polar surface area (TPSA) is 38.0 Å². The number of hydrogen-bond donors (Lipinski definition) is 2. The lowest BCUT2D eigenvalue weighted by Crippen LogP contribution is -2.30. The molecule has 0 bridgehead atoms. The normalized spacial score (nSPS) is 17.8. The van der Waals surface area contributed by atoms with E-state index < -0.39 is 0 Å². The second-order valence-electron chi connectivity index (χ2n) is 5.45. The molecule has 0 spiro atoms. The van der Waals surface area contributed by atoms with Crippen LogP contribution < -0.4 is 11.3 Å². The zero-order valence-electron chi connectivity index (χ0n) is 11.9. The van der Waals surface area contributed by atoms with Gasteiger partial charge in [0.25, 0.3) is 0 Å². The van der Waals surface area contributed by atoms with Gasteiger partial charge in [-0.3, -0.25) is 11.3 Å². The molecular weight excluding hydrogens is 252 g/mol. The maximum absolute atomic E-state index is 5.75. The summed E-state index contributed by atoms with van der Waals surface area (Å²) in [6, 6.07) is 9.15. The van der Waals surface area contributed by atoms with Crippen molar-refractivity contribution in [1.82, 2.24) is 5.43 Å². The first-order valence-corrected chi connectivity index (χ1v) is 8.55. The SMILES string of the molecule is CCCc1cccc(C(CSC2CCCC2)NN)c1. The van der Waals surface area contributed by atoms with Gasteiger partial charge in [0.05, 0.1) is 6.04 Å². The van der Waals surface area contributed by atoms with Crippen molar-refractivity contribution < 1.29 is 0 Å². The van der Waals surface area contributed by atoms with Gasteiger partial charge in [-0.2, -0.15) is 11.8 Å². The Bertz CT molecular complexity index is 375. The van der Waals surface area contributed by atoms with Crippen molar-refractivity contribution in [3.8, 4) is 0 Å². The molecule has 1 saturated carbocycles. The zero-order valence-corrected chi connectivity index (χ0v) is 12.7. The minimum absolute atomic E-state index is 0.280. The Morgan fingerprint density at radius 3 is 2.84 bits per heavy atom. The quantitative estimate of drug-likeness (QED) is 0.588. The van der Waals surface area contributed by atoms with Crippen LogP contribution in [0.3, 0.4) is 0 Å². The molecule has 0 radical (unpaired) electrons. The summed E-state index contributed by atoms with van der Waals surface area (Å²) >= 11 is 2.09. The Morgan fingerprint density at radius 1 is 1.37 bits per heavy atom. The summed E-state index contributed by atoms with van der Waals surface area (Å²) in [5, 5.41) is 0.856. The highest BCUT2D eigenvalue weighted by Gasteiger charge is 2.18. The summed E-state index contributed by atoms with van der Waals surface area (Å²) in [7, 11) is 0. The maximum Gasteiger partial charge on any atom is 0.0550 e. The van der Waals surface area contributed by atoms with Crippen LogP contribution in [0.25, 0.3) is 0 Å². The molecule has 0 aromatic heterocycles. The summed E-state index contributed by atoms with van der Waals surface area (Å²) in [5.41, 5.74) is 5.75. The van der Waals surface area contributed by atoms with Gasteiger partial charge in [0.15, 0.2) is 0 Å². The largest absolute Gasteiger partial charge is 0.271 e. The molecule has 1 aliphatic carbocycles. The van der Waals surface area contributed by atoms with E-state index in [4.69, 9.17) is 5.84 Å². The number of hydrogen-bond acceptors (Lipinski definition) is 3. The Morgan fingerprint density at radius 2 is 2.16 bits per heavy atom. The van der Waals surface area contributed by atoms with Crippen LogP contribution >= 0.6 is 11.8 Å². The van der Waals surface area contributed by atoms with Crippen molar-refractivity contribution >= 4 is 11.8 Å². The zero-order chi connectivity index (χ0) is 13.5. The molecule has 1 aliphatic rings. The predicted molar refractivity (Wildman–Crippen MR) is 85.2 cm³/mol. The molecule has 1 fully saturated rings. The minimum atomic E-state index is 0.280. The number of benzene rings is 1. The molecule has 1 aromatic carbocycles.